The summed E-state index contributed by atoms with van der Waals surface area (Å²) in [5.41, 5.74) is 2.66. The minimum atomic E-state index is -0.268. The number of thioether (sulfide) groups is 1. The Morgan fingerprint density at radius 3 is 2.94 bits per heavy atom. The summed E-state index contributed by atoms with van der Waals surface area (Å²) in [4.78, 5) is 15.5. The monoisotopic (exact) mass is 263 g/mol. The molecule has 1 aromatic carbocycles. The summed E-state index contributed by atoms with van der Waals surface area (Å²) < 4.78 is 4.83. The molecule has 0 aliphatic carbocycles. The van der Waals surface area contributed by atoms with Gasteiger partial charge in [0.1, 0.15) is 5.52 Å². The van der Waals surface area contributed by atoms with Crippen molar-refractivity contribution < 1.29 is 9.53 Å². The molecule has 5 nitrogen and oxygen atoms in total. The highest BCUT2D eigenvalue weighted by Crippen LogP contribution is 2.16. The first-order valence-corrected chi connectivity index (χ1v) is 6.57. The molecule has 0 fully saturated rings. The Kier molecular flexibility index (Phi) is 4.09. The smallest absolute Gasteiger partial charge is 0.316 e. The largest absolute Gasteiger partial charge is 0.465 e. The average Bonchev–Trinajstić information content (AvgIpc) is 2.36. The van der Waals surface area contributed by atoms with Gasteiger partial charge in [-0.15, -0.1) is 10.2 Å². The summed E-state index contributed by atoms with van der Waals surface area (Å²) in [6, 6.07) is 5.79. The third kappa shape index (κ3) is 3.16. The van der Waals surface area contributed by atoms with E-state index in [9.17, 15) is 4.79 Å². The van der Waals surface area contributed by atoms with Crippen molar-refractivity contribution in [3.63, 3.8) is 0 Å². The zero-order valence-electron chi connectivity index (χ0n) is 10.2. The van der Waals surface area contributed by atoms with Gasteiger partial charge in [0, 0.05) is 0 Å². The SMILES string of the molecule is CCOC(=O)CSc1nnc2cc(C)ccc2n1. The van der Waals surface area contributed by atoms with Gasteiger partial charge in [-0.2, -0.15) is 0 Å². The van der Waals surface area contributed by atoms with E-state index in [2.05, 4.69) is 15.2 Å². The van der Waals surface area contributed by atoms with E-state index >= 15 is 0 Å². The van der Waals surface area contributed by atoms with Gasteiger partial charge < -0.3 is 4.74 Å². The Hall–Kier alpha value is -1.69. The van der Waals surface area contributed by atoms with E-state index in [4.69, 9.17) is 4.74 Å². The number of esters is 1. The van der Waals surface area contributed by atoms with Crippen molar-refractivity contribution in [2.75, 3.05) is 12.4 Å². The lowest BCUT2D eigenvalue weighted by atomic mass is 10.2. The van der Waals surface area contributed by atoms with Crippen LogP contribution in [0.15, 0.2) is 23.4 Å². The van der Waals surface area contributed by atoms with Crippen LogP contribution in [-0.4, -0.2) is 33.5 Å². The molecule has 6 heteroatoms. The van der Waals surface area contributed by atoms with Crippen LogP contribution in [0.4, 0.5) is 0 Å². The predicted octanol–water partition coefficient (Wildman–Crippen LogP) is 1.99. The first kappa shape index (κ1) is 12.8. The van der Waals surface area contributed by atoms with Gasteiger partial charge >= 0.3 is 5.97 Å². The average molecular weight is 263 g/mol. The molecule has 0 amide bonds. The number of aryl methyl sites for hydroxylation is 1. The fourth-order valence-electron chi connectivity index (χ4n) is 1.42. The van der Waals surface area contributed by atoms with Crippen molar-refractivity contribution in [2.24, 2.45) is 0 Å². The summed E-state index contributed by atoms with van der Waals surface area (Å²) in [6.45, 7) is 4.15. The molecule has 0 unspecified atom stereocenters. The van der Waals surface area contributed by atoms with Crippen LogP contribution in [0.1, 0.15) is 12.5 Å². The molecule has 1 aromatic heterocycles. The Labute approximate surface area is 109 Å². The quantitative estimate of drug-likeness (QED) is 0.621. The topological polar surface area (TPSA) is 65.0 Å². The normalized spacial score (nSPS) is 10.6. The number of carbonyl (C=O) groups is 1. The highest BCUT2D eigenvalue weighted by atomic mass is 32.2. The molecule has 0 saturated heterocycles. The van der Waals surface area contributed by atoms with Crippen molar-refractivity contribution in [3.05, 3.63) is 23.8 Å². The summed E-state index contributed by atoms with van der Waals surface area (Å²) in [6.07, 6.45) is 0. The number of aromatic nitrogens is 3. The zero-order chi connectivity index (χ0) is 13.0. The van der Waals surface area contributed by atoms with Crippen LogP contribution >= 0.6 is 11.8 Å². The number of ether oxygens (including phenoxy) is 1. The molecule has 18 heavy (non-hydrogen) atoms. The number of fused-ring (bicyclic) bond motifs is 1. The van der Waals surface area contributed by atoms with Crippen LogP contribution in [-0.2, 0) is 9.53 Å². The van der Waals surface area contributed by atoms with E-state index in [1.54, 1.807) is 6.92 Å². The Balaban J connectivity index is 2.10. The van der Waals surface area contributed by atoms with Crippen LogP contribution in [0.5, 0.6) is 0 Å². The maximum Gasteiger partial charge on any atom is 0.316 e. The van der Waals surface area contributed by atoms with Crippen LogP contribution in [0.25, 0.3) is 11.0 Å². The van der Waals surface area contributed by atoms with E-state index in [0.29, 0.717) is 11.8 Å². The molecule has 0 atom stereocenters. The van der Waals surface area contributed by atoms with Crippen molar-refractivity contribution in [1.29, 1.82) is 0 Å². The van der Waals surface area contributed by atoms with Crippen molar-refractivity contribution >= 4 is 28.8 Å². The van der Waals surface area contributed by atoms with Crippen LogP contribution in [0.2, 0.25) is 0 Å². The number of hydrogen-bond donors (Lipinski definition) is 0. The Bertz CT molecular complexity index is 574. The Morgan fingerprint density at radius 1 is 1.33 bits per heavy atom. The van der Waals surface area contributed by atoms with Crippen LogP contribution < -0.4 is 0 Å². The maximum atomic E-state index is 11.2. The second kappa shape index (κ2) is 5.77. The predicted molar refractivity (Wildman–Crippen MR) is 69.4 cm³/mol. The molecule has 0 saturated carbocycles. The lowest BCUT2D eigenvalue weighted by molar-refractivity contribution is -0.139. The number of hydrogen-bond acceptors (Lipinski definition) is 6. The fourth-order valence-corrected chi connectivity index (χ4v) is 2.01. The highest BCUT2D eigenvalue weighted by Gasteiger charge is 2.07. The maximum absolute atomic E-state index is 11.2. The van der Waals surface area contributed by atoms with Gasteiger partial charge in [0.25, 0.3) is 0 Å². The second-order valence-electron chi connectivity index (χ2n) is 3.68. The van der Waals surface area contributed by atoms with E-state index in [-0.39, 0.29) is 11.7 Å². The second-order valence-corrected chi connectivity index (χ2v) is 4.62. The molecular formula is C12H13N3O2S. The van der Waals surface area contributed by atoms with Gasteiger partial charge in [-0.25, -0.2) is 4.98 Å². The molecular weight excluding hydrogens is 250 g/mol. The summed E-state index contributed by atoms with van der Waals surface area (Å²) in [5.74, 6) is -0.0671. The summed E-state index contributed by atoms with van der Waals surface area (Å²) in [7, 11) is 0. The molecule has 0 aliphatic rings. The molecule has 94 valence electrons. The van der Waals surface area contributed by atoms with Gasteiger partial charge in [-0.05, 0) is 31.5 Å². The molecule has 2 rings (SSSR count). The fraction of sp³-hybridized carbons (Fsp3) is 0.333. The van der Waals surface area contributed by atoms with Crippen molar-refractivity contribution in [1.82, 2.24) is 15.2 Å². The first-order valence-electron chi connectivity index (χ1n) is 5.58. The summed E-state index contributed by atoms with van der Waals surface area (Å²) in [5, 5.41) is 8.54. The van der Waals surface area contributed by atoms with Gasteiger partial charge in [0.05, 0.1) is 17.9 Å². The lowest BCUT2D eigenvalue weighted by Gasteiger charge is -2.02. The van der Waals surface area contributed by atoms with E-state index in [0.717, 1.165) is 16.6 Å². The Morgan fingerprint density at radius 2 is 2.17 bits per heavy atom. The first-order chi connectivity index (χ1) is 8.69. The van der Waals surface area contributed by atoms with Crippen LogP contribution in [0, 0.1) is 6.92 Å². The molecule has 0 radical (unpaired) electrons. The van der Waals surface area contributed by atoms with E-state index < -0.39 is 0 Å². The van der Waals surface area contributed by atoms with Crippen LogP contribution in [0.3, 0.4) is 0 Å². The zero-order valence-corrected chi connectivity index (χ0v) is 11.0. The minimum Gasteiger partial charge on any atom is -0.465 e. The molecule has 2 aromatic rings. The molecule has 0 spiro atoms. The minimum absolute atomic E-state index is 0.201. The molecule has 0 bridgehead atoms. The number of nitrogens with zero attached hydrogens (tertiary/aromatic N) is 3. The van der Waals surface area contributed by atoms with Gasteiger partial charge in [-0.1, -0.05) is 17.8 Å². The number of benzene rings is 1. The van der Waals surface area contributed by atoms with Gasteiger partial charge in [-0.3, -0.25) is 4.79 Å². The van der Waals surface area contributed by atoms with E-state index in [1.165, 1.54) is 11.8 Å². The summed E-state index contributed by atoms with van der Waals surface area (Å²) >= 11 is 1.23. The molecule has 0 aliphatic heterocycles. The van der Waals surface area contributed by atoms with Gasteiger partial charge in [0.15, 0.2) is 0 Å². The third-order valence-electron chi connectivity index (χ3n) is 2.21. The highest BCUT2D eigenvalue weighted by molar-refractivity contribution is 7.99. The van der Waals surface area contributed by atoms with Gasteiger partial charge in [0.2, 0.25) is 5.16 Å². The number of rotatable bonds is 4. The standard InChI is InChI=1S/C12H13N3O2S/c1-3-17-11(16)7-18-12-13-9-5-4-8(2)6-10(9)14-15-12/h4-6H,3,7H2,1-2H3. The molecule has 0 N–H and O–H groups in total. The lowest BCUT2D eigenvalue weighted by Crippen LogP contribution is -2.07. The van der Waals surface area contributed by atoms with Crippen molar-refractivity contribution in [2.45, 2.75) is 19.0 Å². The van der Waals surface area contributed by atoms with E-state index in [1.807, 2.05) is 25.1 Å². The van der Waals surface area contributed by atoms with Crippen molar-refractivity contribution in [3.8, 4) is 0 Å². The molecule has 1 heterocycles. The third-order valence-corrected chi connectivity index (χ3v) is 3.03. The number of carbonyl (C=O) groups excluding carboxylic acids is 1.